The van der Waals surface area contributed by atoms with Crippen LogP contribution in [0.15, 0.2) is 35.5 Å². The van der Waals surface area contributed by atoms with Gasteiger partial charge in [0.15, 0.2) is 12.4 Å². The molecule has 0 radical (unpaired) electrons. The number of ketones is 2. The first kappa shape index (κ1) is 23.6. The number of fused-ring (bicyclic) bond motifs is 5. The van der Waals surface area contributed by atoms with E-state index in [2.05, 4.69) is 13.0 Å². The van der Waals surface area contributed by atoms with Crippen LogP contribution >= 0.6 is 0 Å². The Hall–Kier alpha value is -2.54. The summed E-state index contributed by atoms with van der Waals surface area (Å²) in [5.74, 6) is -2.39. The first-order chi connectivity index (χ1) is 15.4. The lowest BCUT2D eigenvalue weighted by Gasteiger charge is -2.53. The highest BCUT2D eigenvalue weighted by molar-refractivity contribution is 6.01. The number of aliphatic carboxylic acids is 1. The normalized spacial score (nSPS) is 39.0. The Morgan fingerprint density at radius 2 is 1.94 bits per heavy atom. The van der Waals surface area contributed by atoms with Crippen molar-refractivity contribution in [3.05, 3.63) is 35.5 Å². The average Bonchev–Trinajstić information content (AvgIpc) is 2.98. The molecule has 0 amide bonds. The van der Waals surface area contributed by atoms with Crippen LogP contribution in [0.25, 0.3) is 0 Å². The Bertz CT molecular complexity index is 1000. The topological polar surface area (TPSA) is 118 Å². The zero-order valence-corrected chi connectivity index (χ0v) is 19.4. The lowest BCUT2D eigenvalue weighted by Crippen LogP contribution is -2.57. The van der Waals surface area contributed by atoms with Gasteiger partial charge >= 0.3 is 11.9 Å². The van der Waals surface area contributed by atoms with Crippen molar-refractivity contribution in [1.29, 1.82) is 0 Å². The molecule has 7 nitrogen and oxygen atoms in total. The van der Waals surface area contributed by atoms with E-state index in [9.17, 15) is 24.3 Å². The third-order valence-electron chi connectivity index (χ3n) is 8.86. The lowest BCUT2D eigenvalue weighted by molar-refractivity contribution is -0.168. The van der Waals surface area contributed by atoms with E-state index in [4.69, 9.17) is 9.84 Å². The van der Waals surface area contributed by atoms with Crippen molar-refractivity contribution in [1.82, 2.24) is 0 Å². The quantitative estimate of drug-likeness (QED) is 0.465. The predicted octanol–water partition coefficient (Wildman–Crippen LogP) is 3.17. The van der Waals surface area contributed by atoms with Gasteiger partial charge < -0.3 is 14.9 Å². The number of carboxylic acid groups (broad SMARTS) is 1. The molecule has 2 N–H and O–H groups in total. The first-order valence-electron chi connectivity index (χ1n) is 11.7. The molecule has 0 aromatic carbocycles. The Kier molecular flexibility index (Phi) is 5.76. The molecule has 2 fully saturated rings. The van der Waals surface area contributed by atoms with Gasteiger partial charge in [-0.3, -0.25) is 19.2 Å². The smallest absolute Gasteiger partial charge is 0.306 e. The summed E-state index contributed by atoms with van der Waals surface area (Å²) >= 11 is 0. The number of ether oxygens (including phenoxy) is 1. The van der Waals surface area contributed by atoms with Gasteiger partial charge in [0, 0.05) is 10.8 Å². The highest BCUT2D eigenvalue weighted by Gasteiger charge is 2.67. The van der Waals surface area contributed by atoms with Crippen LogP contribution in [0.5, 0.6) is 0 Å². The van der Waals surface area contributed by atoms with Gasteiger partial charge in [-0.25, -0.2) is 0 Å². The Morgan fingerprint density at radius 1 is 1.21 bits per heavy atom. The van der Waals surface area contributed by atoms with Gasteiger partial charge in [-0.2, -0.15) is 0 Å². The largest absolute Gasteiger partial charge is 0.481 e. The molecule has 0 aliphatic heterocycles. The summed E-state index contributed by atoms with van der Waals surface area (Å²) in [4.78, 5) is 47.6. The number of aliphatic hydroxyl groups is 1. The maximum atomic E-state index is 13.2. The number of Topliss-reactive ketones (excluding diaryl/α,β-unsaturated/α-hetero) is 1. The molecule has 0 aromatic heterocycles. The van der Waals surface area contributed by atoms with Crippen LogP contribution in [0, 0.1) is 28.6 Å². The van der Waals surface area contributed by atoms with Crippen LogP contribution in [0.4, 0.5) is 0 Å². The summed E-state index contributed by atoms with van der Waals surface area (Å²) in [7, 11) is 0. The molecule has 0 aromatic rings. The number of hydrogen-bond acceptors (Lipinski definition) is 6. The minimum absolute atomic E-state index is 0.0227. The van der Waals surface area contributed by atoms with Crippen molar-refractivity contribution in [2.24, 2.45) is 28.6 Å². The van der Waals surface area contributed by atoms with E-state index >= 15 is 0 Å². The van der Waals surface area contributed by atoms with Crippen LogP contribution in [0.3, 0.4) is 0 Å². The molecule has 0 heterocycles. The average molecular weight is 457 g/mol. The minimum Gasteiger partial charge on any atom is -0.481 e. The number of carbonyl (C=O) groups excluding carboxylic acids is 3. The first-order valence-corrected chi connectivity index (χ1v) is 11.7. The van der Waals surface area contributed by atoms with Crippen molar-refractivity contribution < 1.29 is 34.1 Å². The minimum atomic E-state index is -1.64. The SMILES string of the molecule is C[C@H]1CC2C3CCC4=CC(=O)C=C[C@]4(C)C3=CC[C@]2(C)[C@@]1(O)C(=O)COC(=O)CCC(=O)O. The van der Waals surface area contributed by atoms with Crippen LogP contribution in [0.2, 0.25) is 0 Å². The zero-order valence-electron chi connectivity index (χ0n) is 19.4. The van der Waals surface area contributed by atoms with Gasteiger partial charge in [0.1, 0.15) is 5.60 Å². The molecule has 178 valence electrons. The van der Waals surface area contributed by atoms with E-state index in [1.165, 1.54) is 5.57 Å². The lowest BCUT2D eigenvalue weighted by atomic mass is 9.51. The number of hydrogen-bond donors (Lipinski definition) is 2. The second-order valence-corrected chi connectivity index (χ2v) is 10.5. The van der Waals surface area contributed by atoms with Gasteiger partial charge in [-0.05, 0) is 62.5 Å². The van der Waals surface area contributed by atoms with E-state index < -0.39 is 35.3 Å². The van der Waals surface area contributed by atoms with Gasteiger partial charge in [-0.15, -0.1) is 0 Å². The highest BCUT2D eigenvalue weighted by Crippen LogP contribution is 2.66. The molecule has 7 heteroatoms. The summed E-state index contributed by atoms with van der Waals surface area (Å²) in [5, 5.41) is 20.5. The fraction of sp³-hybridized carbons (Fsp3) is 0.615. The van der Waals surface area contributed by atoms with E-state index in [0.717, 1.165) is 18.4 Å². The Morgan fingerprint density at radius 3 is 2.64 bits per heavy atom. The van der Waals surface area contributed by atoms with Crippen LogP contribution in [-0.4, -0.2) is 45.9 Å². The number of allylic oxidation sites excluding steroid dienone is 6. The fourth-order valence-corrected chi connectivity index (χ4v) is 7.00. The molecule has 6 atom stereocenters. The standard InChI is InChI=1S/C26H32O7/c1-15-12-20-18-5-4-16-13-17(27)8-10-24(16,2)19(18)9-11-25(20,3)26(15,32)21(28)14-33-23(31)7-6-22(29)30/h8-10,13,15,18,20,32H,4-7,11-12,14H2,1-3H3,(H,29,30)/t15-,18?,20?,24-,25-,26-/m0/s1. The number of carbonyl (C=O) groups is 4. The number of rotatable bonds is 6. The molecule has 4 rings (SSSR count). The van der Waals surface area contributed by atoms with Gasteiger partial charge in [0.25, 0.3) is 0 Å². The predicted molar refractivity (Wildman–Crippen MR) is 119 cm³/mol. The second kappa shape index (κ2) is 8.05. The van der Waals surface area contributed by atoms with Crippen LogP contribution < -0.4 is 0 Å². The molecule has 4 aliphatic rings. The van der Waals surface area contributed by atoms with E-state index in [-0.39, 0.29) is 41.8 Å². The second-order valence-electron chi connectivity index (χ2n) is 10.5. The molecule has 0 saturated heterocycles. The van der Waals surface area contributed by atoms with E-state index in [1.54, 1.807) is 12.2 Å². The molecular weight excluding hydrogens is 424 g/mol. The molecule has 0 spiro atoms. The molecular formula is C26H32O7. The third-order valence-corrected chi connectivity index (χ3v) is 8.86. The monoisotopic (exact) mass is 456 g/mol. The summed E-state index contributed by atoms with van der Waals surface area (Å²) in [6, 6.07) is 0. The molecule has 4 aliphatic carbocycles. The van der Waals surface area contributed by atoms with E-state index in [0.29, 0.717) is 12.8 Å². The summed E-state index contributed by atoms with van der Waals surface area (Å²) in [6.45, 7) is 5.43. The number of esters is 1. The van der Waals surface area contributed by atoms with Crippen molar-refractivity contribution in [3.8, 4) is 0 Å². The van der Waals surface area contributed by atoms with E-state index in [1.807, 2.05) is 19.9 Å². The van der Waals surface area contributed by atoms with Crippen LogP contribution in [0.1, 0.15) is 59.3 Å². The van der Waals surface area contributed by atoms with Crippen molar-refractivity contribution in [2.75, 3.05) is 6.61 Å². The molecule has 2 unspecified atom stereocenters. The van der Waals surface area contributed by atoms with Crippen molar-refractivity contribution >= 4 is 23.5 Å². The van der Waals surface area contributed by atoms with Gasteiger partial charge in [-0.1, -0.05) is 37.1 Å². The Labute approximate surface area is 193 Å². The maximum Gasteiger partial charge on any atom is 0.306 e. The molecule has 0 bridgehead atoms. The maximum absolute atomic E-state index is 13.2. The Balaban J connectivity index is 1.58. The summed E-state index contributed by atoms with van der Waals surface area (Å²) in [6.07, 6.45) is 9.75. The highest BCUT2D eigenvalue weighted by atomic mass is 16.5. The zero-order chi connectivity index (χ0) is 24.2. The molecule has 33 heavy (non-hydrogen) atoms. The third kappa shape index (κ3) is 3.52. The van der Waals surface area contributed by atoms with Crippen molar-refractivity contribution in [2.45, 2.75) is 64.9 Å². The fourth-order valence-electron chi connectivity index (χ4n) is 7.00. The number of carboxylic acids is 1. The van der Waals surface area contributed by atoms with Crippen molar-refractivity contribution in [3.63, 3.8) is 0 Å². The van der Waals surface area contributed by atoms with Gasteiger partial charge in [0.2, 0.25) is 5.78 Å². The summed E-state index contributed by atoms with van der Waals surface area (Å²) < 4.78 is 5.03. The van der Waals surface area contributed by atoms with Crippen LogP contribution in [-0.2, 0) is 23.9 Å². The van der Waals surface area contributed by atoms with Gasteiger partial charge in [0.05, 0.1) is 12.8 Å². The summed E-state index contributed by atoms with van der Waals surface area (Å²) in [5.41, 5.74) is -0.229. The molecule has 2 saturated carbocycles.